The first-order valence-corrected chi connectivity index (χ1v) is 7.01. The summed E-state index contributed by atoms with van der Waals surface area (Å²) in [7, 11) is 0. The summed E-state index contributed by atoms with van der Waals surface area (Å²) in [6.07, 6.45) is 7.35. The average Bonchev–Trinajstić information content (AvgIpc) is 2.73. The average molecular weight is 269 g/mol. The van der Waals surface area contributed by atoms with Crippen LogP contribution in [0.4, 0.5) is 5.95 Å². The summed E-state index contributed by atoms with van der Waals surface area (Å²) < 4.78 is 0. The molecule has 1 unspecified atom stereocenters. The van der Waals surface area contributed by atoms with Gasteiger partial charge in [-0.15, -0.1) is 0 Å². The highest BCUT2D eigenvalue weighted by Gasteiger charge is 2.16. The monoisotopic (exact) mass is 269 g/mol. The Balaban J connectivity index is 1.79. The molecule has 5 nitrogen and oxygen atoms in total. The lowest BCUT2D eigenvalue weighted by Gasteiger charge is -2.22. The molecule has 2 aromatic heterocycles. The van der Waals surface area contributed by atoms with Gasteiger partial charge in [-0.25, -0.2) is 9.97 Å². The maximum Gasteiger partial charge on any atom is 0.225 e. The van der Waals surface area contributed by atoms with Crippen molar-refractivity contribution >= 4 is 5.95 Å². The van der Waals surface area contributed by atoms with Crippen LogP contribution >= 0.6 is 0 Å². The molecular formula is C15H19N5. The van der Waals surface area contributed by atoms with E-state index in [1.165, 1.54) is 0 Å². The van der Waals surface area contributed by atoms with Crippen LogP contribution in [0.25, 0.3) is 11.1 Å². The van der Waals surface area contributed by atoms with E-state index in [0.717, 1.165) is 43.3 Å². The van der Waals surface area contributed by atoms with Gasteiger partial charge in [0.1, 0.15) is 0 Å². The second-order valence-electron chi connectivity index (χ2n) is 5.26. The predicted molar refractivity (Wildman–Crippen MR) is 79.5 cm³/mol. The highest BCUT2D eigenvalue weighted by molar-refractivity contribution is 5.61. The lowest BCUT2D eigenvalue weighted by molar-refractivity contribution is 0.561. The molecule has 1 atom stereocenters. The van der Waals surface area contributed by atoms with Crippen molar-refractivity contribution in [1.82, 2.24) is 20.3 Å². The Labute approximate surface area is 119 Å². The van der Waals surface area contributed by atoms with Crippen molar-refractivity contribution in [1.29, 1.82) is 0 Å². The molecule has 3 heterocycles. The molecule has 1 aliphatic rings. The topological polar surface area (TPSA) is 53.9 Å². The van der Waals surface area contributed by atoms with Crippen LogP contribution in [0.1, 0.15) is 6.92 Å². The van der Waals surface area contributed by atoms with E-state index in [4.69, 9.17) is 0 Å². The van der Waals surface area contributed by atoms with Crippen molar-refractivity contribution in [2.45, 2.75) is 6.92 Å². The molecule has 0 aliphatic carbocycles. The Kier molecular flexibility index (Phi) is 3.87. The zero-order chi connectivity index (χ0) is 13.8. The maximum atomic E-state index is 4.52. The van der Waals surface area contributed by atoms with Crippen molar-refractivity contribution < 1.29 is 0 Å². The molecule has 1 N–H and O–H groups in total. The number of aromatic nitrogens is 3. The van der Waals surface area contributed by atoms with Crippen LogP contribution in [0.5, 0.6) is 0 Å². The molecule has 5 heteroatoms. The molecule has 0 amide bonds. The summed E-state index contributed by atoms with van der Waals surface area (Å²) in [4.78, 5) is 15.3. The third kappa shape index (κ3) is 2.93. The van der Waals surface area contributed by atoms with E-state index in [1.54, 1.807) is 12.4 Å². The summed E-state index contributed by atoms with van der Waals surface area (Å²) in [6.45, 7) is 6.25. The van der Waals surface area contributed by atoms with Crippen molar-refractivity contribution in [2.75, 3.05) is 31.1 Å². The van der Waals surface area contributed by atoms with Crippen LogP contribution in [0, 0.1) is 5.92 Å². The molecule has 20 heavy (non-hydrogen) atoms. The van der Waals surface area contributed by atoms with E-state index >= 15 is 0 Å². The van der Waals surface area contributed by atoms with Gasteiger partial charge in [0.05, 0.1) is 0 Å². The number of nitrogens with zero attached hydrogens (tertiary/aromatic N) is 4. The van der Waals surface area contributed by atoms with Crippen LogP contribution in [0.2, 0.25) is 0 Å². The minimum atomic E-state index is 0.612. The third-order valence-corrected chi connectivity index (χ3v) is 3.52. The van der Waals surface area contributed by atoms with Crippen molar-refractivity contribution in [3.8, 4) is 11.1 Å². The molecule has 1 fully saturated rings. The van der Waals surface area contributed by atoms with E-state index < -0.39 is 0 Å². The first kappa shape index (κ1) is 13.0. The van der Waals surface area contributed by atoms with Gasteiger partial charge in [0, 0.05) is 50.0 Å². The quantitative estimate of drug-likeness (QED) is 0.897. The summed E-state index contributed by atoms with van der Waals surface area (Å²) in [6, 6.07) is 3.94. The zero-order valence-electron chi connectivity index (χ0n) is 11.7. The van der Waals surface area contributed by atoms with E-state index in [-0.39, 0.29) is 0 Å². The van der Waals surface area contributed by atoms with E-state index in [2.05, 4.69) is 32.1 Å². The van der Waals surface area contributed by atoms with Gasteiger partial charge in [0.15, 0.2) is 0 Å². The first-order chi connectivity index (χ1) is 9.83. The molecule has 1 saturated heterocycles. The van der Waals surface area contributed by atoms with Crippen molar-refractivity contribution in [3.63, 3.8) is 0 Å². The van der Waals surface area contributed by atoms with Gasteiger partial charge >= 0.3 is 0 Å². The Morgan fingerprint density at radius 1 is 1.15 bits per heavy atom. The minimum absolute atomic E-state index is 0.612. The fourth-order valence-corrected chi connectivity index (χ4v) is 2.45. The van der Waals surface area contributed by atoms with E-state index in [9.17, 15) is 0 Å². The number of nitrogens with one attached hydrogen (secondary N) is 1. The van der Waals surface area contributed by atoms with Crippen molar-refractivity contribution in [3.05, 3.63) is 36.9 Å². The summed E-state index contributed by atoms with van der Waals surface area (Å²) in [5, 5.41) is 3.43. The third-order valence-electron chi connectivity index (χ3n) is 3.52. The van der Waals surface area contributed by atoms with Crippen molar-refractivity contribution in [2.24, 2.45) is 5.92 Å². The highest BCUT2D eigenvalue weighted by atomic mass is 15.3. The smallest absolute Gasteiger partial charge is 0.225 e. The van der Waals surface area contributed by atoms with Gasteiger partial charge in [0.25, 0.3) is 0 Å². The first-order valence-electron chi connectivity index (χ1n) is 7.01. The molecule has 0 spiro atoms. The van der Waals surface area contributed by atoms with Gasteiger partial charge in [-0.2, -0.15) is 0 Å². The lowest BCUT2D eigenvalue weighted by Crippen LogP contribution is -2.30. The SMILES string of the molecule is CC1CNCCN(c2ncc(-c3ccncc3)cn2)C1. The fourth-order valence-electron chi connectivity index (χ4n) is 2.45. The van der Waals surface area contributed by atoms with E-state index in [1.807, 2.05) is 24.5 Å². The molecule has 104 valence electrons. The highest BCUT2D eigenvalue weighted by Crippen LogP contribution is 2.18. The molecule has 0 radical (unpaired) electrons. The number of anilines is 1. The molecule has 0 saturated carbocycles. The molecule has 1 aliphatic heterocycles. The minimum Gasteiger partial charge on any atom is -0.339 e. The van der Waals surface area contributed by atoms with Crippen LogP contribution in [-0.4, -0.2) is 41.1 Å². The molecule has 0 aromatic carbocycles. The fraction of sp³-hybridized carbons (Fsp3) is 0.400. The van der Waals surface area contributed by atoms with Gasteiger partial charge in [-0.1, -0.05) is 6.92 Å². The number of hydrogen-bond acceptors (Lipinski definition) is 5. The molecule has 3 rings (SSSR count). The Morgan fingerprint density at radius 3 is 2.65 bits per heavy atom. The Morgan fingerprint density at radius 2 is 1.90 bits per heavy atom. The molecular weight excluding hydrogens is 250 g/mol. The number of pyridine rings is 1. The van der Waals surface area contributed by atoms with Crippen LogP contribution in [0.3, 0.4) is 0 Å². The number of rotatable bonds is 2. The normalized spacial score (nSPS) is 19.6. The standard InChI is InChI=1S/C15H19N5/c1-12-8-17-6-7-20(11-12)15-18-9-14(10-19-15)13-2-4-16-5-3-13/h2-5,9-10,12,17H,6-8,11H2,1H3. The summed E-state index contributed by atoms with van der Waals surface area (Å²) in [5.41, 5.74) is 2.12. The summed E-state index contributed by atoms with van der Waals surface area (Å²) in [5.74, 6) is 1.43. The molecule has 0 bridgehead atoms. The zero-order valence-corrected chi connectivity index (χ0v) is 11.7. The van der Waals surface area contributed by atoms with Gasteiger partial charge < -0.3 is 10.2 Å². The Bertz CT molecular complexity index is 540. The second kappa shape index (κ2) is 5.96. The van der Waals surface area contributed by atoms with Crippen LogP contribution in [-0.2, 0) is 0 Å². The molecule has 2 aromatic rings. The van der Waals surface area contributed by atoms with Crippen LogP contribution in [0.15, 0.2) is 36.9 Å². The van der Waals surface area contributed by atoms with E-state index in [0.29, 0.717) is 5.92 Å². The maximum absolute atomic E-state index is 4.52. The van der Waals surface area contributed by atoms with Gasteiger partial charge in [0.2, 0.25) is 5.95 Å². The van der Waals surface area contributed by atoms with Gasteiger partial charge in [-0.05, 0) is 30.2 Å². The largest absolute Gasteiger partial charge is 0.339 e. The lowest BCUT2D eigenvalue weighted by atomic mass is 10.1. The summed E-state index contributed by atoms with van der Waals surface area (Å²) >= 11 is 0. The number of hydrogen-bond donors (Lipinski definition) is 1. The van der Waals surface area contributed by atoms with Gasteiger partial charge in [-0.3, -0.25) is 4.98 Å². The Hall–Kier alpha value is -2.01. The van der Waals surface area contributed by atoms with Crippen LogP contribution < -0.4 is 10.2 Å². The second-order valence-corrected chi connectivity index (χ2v) is 5.26. The predicted octanol–water partition coefficient (Wildman–Crippen LogP) is 1.58.